The van der Waals surface area contributed by atoms with Gasteiger partial charge in [-0.15, -0.1) is 0 Å². The number of phenolic OH excluding ortho intramolecular Hbond substituents is 2. The van der Waals surface area contributed by atoms with Gasteiger partial charge in [-0.25, -0.2) is 0 Å². The van der Waals surface area contributed by atoms with E-state index in [1.165, 1.54) is 18.2 Å². The predicted octanol–water partition coefficient (Wildman–Crippen LogP) is 1.88. The summed E-state index contributed by atoms with van der Waals surface area (Å²) in [6.45, 7) is 1.02. The Balaban J connectivity index is 1.88. The van der Waals surface area contributed by atoms with Crippen molar-refractivity contribution >= 4 is 11.6 Å². The standard InChI is InChI=1S/C16H16N2O3/c17-15-4-3-13(20)8-14(15)16(21)18-6-5-10-1-2-12(19)7-11(10)9-18/h1-4,7-8,19-20H,5-6,9,17H2. The monoisotopic (exact) mass is 284 g/mol. The Morgan fingerprint density at radius 2 is 1.76 bits per heavy atom. The molecule has 0 atom stereocenters. The number of carbonyl (C=O) groups is 1. The summed E-state index contributed by atoms with van der Waals surface area (Å²) >= 11 is 0. The number of hydrogen-bond acceptors (Lipinski definition) is 4. The lowest BCUT2D eigenvalue weighted by atomic mass is 9.98. The predicted molar refractivity (Wildman–Crippen MR) is 79.1 cm³/mol. The summed E-state index contributed by atoms with van der Waals surface area (Å²) in [6, 6.07) is 9.58. The molecular formula is C16H16N2O3. The highest BCUT2D eigenvalue weighted by atomic mass is 16.3. The van der Waals surface area contributed by atoms with Gasteiger partial charge in [0.05, 0.1) is 5.56 Å². The molecule has 4 N–H and O–H groups in total. The van der Waals surface area contributed by atoms with E-state index >= 15 is 0 Å². The number of anilines is 1. The van der Waals surface area contributed by atoms with Gasteiger partial charge in [-0.1, -0.05) is 6.07 Å². The average molecular weight is 284 g/mol. The molecule has 0 bridgehead atoms. The Morgan fingerprint density at radius 1 is 1.05 bits per heavy atom. The van der Waals surface area contributed by atoms with Gasteiger partial charge in [-0.3, -0.25) is 4.79 Å². The zero-order valence-corrected chi connectivity index (χ0v) is 11.4. The van der Waals surface area contributed by atoms with Gasteiger partial charge in [-0.05, 0) is 47.9 Å². The van der Waals surface area contributed by atoms with Crippen LogP contribution in [0.2, 0.25) is 0 Å². The number of rotatable bonds is 1. The fourth-order valence-electron chi connectivity index (χ4n) is 2.62. The lowest BCUT2D eigenvalue weighted by Crippen LogP contribution is -2.36. The van der Waals surface area contributed by atoms with E-state index in [1.807, 2.05) is 6.07 Å². The van der Waals surface area contributed by atoms with Crippen molar-refractivity contribution in [3.8, 4) is 11.5 Å². The molecule has 3 rings (SSSR count). The van der Waals surface area contributed by atoms with Crippen molar-refractivity contribution in [2.75, 3.05) is 12.3 Å². The summed E-state index contributed by atoms with van der Waals surface area (Å²) in [5.41, 5.74) is 8.55. The van der Waals surface area contributed by atoms with Crippen LogP contribution >= 0.6 is 0 Å². The highest BCUT2D eigenvalue weighted by Crippen LogP contribution is 2.26. The second-order valence-electron chi connectivity index (χ2n) is 5.20. The molecule has 0 spiro atoms. The molecule has 2 aromatic carbocycles. The van der Waals surface area contributed by atoms with Gasteiger partial charge in [-0.2, -0.15) is 0 Å². The zero-order valence-electron chi connectivity index (χ0n) is 11.4. The lowest BCUT2D eigenvalue weighted by molar-refractivity contribution is 0.0735. The molecule has 1 amide bonds. The highest BCUT2D eigenvalue weighted by molar-refractivity contribution is 5.99. The highest BCUT2D eigenvalue weighted by Gasteiger charge is 2.23. The summed E-state index contributed by atoms with van der Waals surface area (Å²) in [6.07, 6.45) is 0.736. The van der Waals surface area contributed by atoms with Gasteiger partial charge in [0.1, 0.15) is 11.5 Å². The molecule has 0 fully saturated rings. The Bertz CT molecular complexity index is 713. The molecule has 0 saturated carbocycles. The second-order valence-corrected chi connectivity index (χ2v) is 5.20. The maximum atomic E-state index is 12.5. The number of nitrogens with zero attached hydrogens (tertiary/aromatic N) is 1. The number of phenols is 2. The molecule has 1 heterocycles. The van der Waals surface area contributed by atoms with E-state index in [2.05, 4.69) is 0 Å². The Hall–Kier alpha value is -2.69. The molecular weight excluding hydrogens is 268 g/mol. The minimum Gasteiger partial charge on any atom is -0.508 e. The van der Waals surface area contributed by atoms with Crippen LogP contribution in [0.15, 0.2) is 36.4 Å². The molecule has 0 radical (unpaired) electrons. The van der Waals surface area contributed by atoms with Crippen LogP contribution in [0.1, 0.15) is 21.5 Å². The van der Waals surface area contributed by atoms with Crippen molar-refractivity contribution in [3.63, 3.8) is 0 Å². The number of hydrogen-bond donors (Lipinski definition) is 3. The molecule has 108 valence electrons. The van der Waals surface area contributed by atoms with Gasteiger partial charge in [0, 0.05) is 18.8 Å². The first-order valence-electron chi connectivity index (χ1n) is 6.73. The topological polar surface area (TPSA) is 86.8 Å². The number of fused-ring (bicyclic) bond motifs is 1. The number of carbonyl (C=O) groups excluding carboxylic acids is 1. The molecule has 1 aliphatic heterocycles. The van der Waals surface area contributed by atoms with Crippen molar-refractivity contribution in [2.24, 2.45) is 0 Å². The van der Waals surface area contributed by atoms with Crippen LogP contribution < -0.4 is 5.73 Å². The number of nitrogens with two attached hydrogens (primary N) is 1. The summed E-state index contributed by atoms with van der Waals surface area (Å²) in [5.74, 6) is -0.0000784. The van der Waals surface area contributed by atoms with Crippen molar-refractivity contribution in [1.82, 2.24) is 4.90 Å². The Labute approximate surface area is 122 Å². The zero-order chi connectivity index (χ0) is 15.0. The smallest absolute Gasteiger partial charge is 0.256 e. The lowest BCUT2D eigenvalue weighted by Gasteiger charge is -2.29. The summed E-state index contributed by atoms with van der Waals surface area (Å²) < 4.78 is 0. The van der Waals surface area contributed by atoms with E-state index in [1.54, 1.807) is 17.0 Å². The summed E-state index contributed by atoms with van der Waals surface area (Å²) in [4.78, 5) is 14.2. The first-order chi connectivity index (χ1) is 10.0. The van der Waals surface area contributed by atoms with Crippen LogP contribution in [0.5, 0.6) is 11.5 Å². The molecule has 0 unspecified atom stereocenters. The van der Waals surface area contributed by atoms with Crippen LogP contribution in [-0.4, -0.2) is 27.6 Å². The van der Waals surface area contributed by atoms with E-state index in [0.29, 0.717) is 24.3 Å². The van der Waals surface area contributed by atoms with Gasteiger partial charge in [0.15, 0.2) is 0 Å². The summed E-state index contributed by atoms with van der Waals surface area (Å²) in [5, 5.41) is 19.1. The number of benzene rings is 2. The van der Waals surface area contributed by atoms with Crippen molar-refractivity contribution in [2.45, 2.75) is 13.0 Å². The largest absolute Gasteiger partial charge is 0.508 e. The van der Waals surface area contributed by atoms with Crippen LogP contribution in [0.25, 0.3) is 0 Å². The molecule has 0 saturated heterocycles. The number of nitrogen functional groups attached to an aromatic ring is 1. The molecule has 2 aromatic rings. The second kappa shape index (κ2) is 5.01. The molecule has 21 heavy (non-hydrogen) atoms. The van der Waals surface area contributed by atoms with Crippen LogP contribution in [-0.2, 0) is 13.0 Å². The van der Waals surface area contributed by atoms with Gasteiger partial charge >= 0.3 is 0 Å². The minimum atomic E-state index is -0.211. The van der Waals surface area contributed by atoms with Crippen LogP contribution in [0, 0.1) is 0 Å². The van der Waals surface area contributed by atoms with Gasteiger partial charge in [0.25, 0.3) is 5.91 Å². The third-order valence-corrected chi connectivity index (χ3v) is 3.76. The van der Waals surface area contributed by atoms with E-state index < -0.39 is 0 Å². The minimum absolute atomic E-state index is 0.0163. The molecule has 5 heteroatoms. The molecule has 5 nitrogen and oxygen atoms in total. The third-order valence-electron chi connectivity index (χ3n) is 3.76. The van der Waals surface area contributed by atoms with Crippen LogP contribution in [0.4, 0.5) is 5.69 Å². The first kappa shape index (κ1) is 13.3. The Morgan fingerprint density at radius 3 is 2.57 bits per heavy atom. The maximum absolute atomic E-state index is 12.5. The Kier molecular flexibility index (Phi) is 3.17. The normalized spacial score (nSPS) is 13.8. The van der Waals surface area contributed by atoms with Gasteiger partial charge in [0.2, 0.25) is 0 Å². The van der Waals surface area contributed by atoms with Crippen molar-refractivity contribution < 1.29 is 15.0 Å². The number of aromatic hydroxyl groups is 2. The average Bonchev–Trinajstić information content (AvgIpc) is 2.48. The van der Waals surface area contributed by atoms with Gasteiger partial charge < -0.3 is 20.8 Å². The van der Waals surface area contributed by atoms with E-state index in [-0.39, 0.29) is 17.4 Å². The van der Waals surface area contributed by atoms with Crippen molar-refractivity contribution in [1.29, 1.82) is 0 Å². The fourth-order valence-corrected chi connectivity index (χ4v) is 2.62. The molecule has 0 aliphatic carbocycles. The first-order valence-corrected chi connectivity index (χ1v) is 6.73. The third kappa shape index (κ3) is 2.50. The van der Waals surface area contributed by atoms with Crippen molar-refractivity contribution in [3.05, 3.63) is 53.1 Å². The molecule has 0 aromatic heterocycles. The SMILES string of the molecule is Nc1ccc(O)cc1C(=O)N1CCc2ccc(O)cc2C1. The molecule has 1 aliphatic rings. The van der Waals surface area contributed by atoms with E-state index in [0.717, 1.165) is 17.5 Å². The fraction of sp³-hybridized carbons (Fsp3) is 0.188. The summed E-state index contributed by atoms with van der Waals surface area (Å²) in [7, 11) is 0. The maximum Gasteiger partial charge on any atom is 0.256 e. The van der Waals surface area contributed by atoms with E-state index in [4.69, 9.17) is 5.73 Å². The van der Waals surface area contributed by atoms with E-state index in [9.17, 15) is 15.0 Å². The quantitative estimate of drug-likeness (QED) is 0.551. The van der Waals surface area contributed by atoms with Crippen LogP contribution in [0.3, 0.4) is 0 Å². The number of amides is 1.